The molecule has 1 aliphatic rings. The van der Waals surface area contributed by atoms with Crippen molar-refractivity contribution in [1.29, 1.82) is 5.26 Å². The molecule has 0 saturated heterocycles. The molecule has 1 heterocycles. The number of benzene rings is 4. The fraction of sp³-hybridized carbons (Fsp3) is 0.111. The predicted octanol–water partition coefficient (Wildman–Crippen LogP) is 10.3. The lowest BCUT2D eigenvalue weighted by atomic mass is 9.82. The number of nitriles is 1. The highest BCUT2D eigenvalue weighted by Crippen LogP contribution is 2.54. The van der Waals surface area contributed by atoms with Gasteiger partial charge in [-0.05, 0) is 83.3 Å². The van der Waals surface area contributed by atoms with E-state index >= 15 is 0 Å². The van der Waals surface area contributed by atoms with E-state index in [1.165, 1.54) is 38.3 Å². The molecule has 0 unspecified atom stereocenters. The lowest BCUT2D eigenvalue weighted by Gasteiger charge is -2.28. The zero-order chi connectivity index (χ0) is 27.9. The van der Waals surface area contributed by atoms with Crippen LogP contribution in [0.3, 0.4) is 0 Å². The number of hydrogen-bond acceptors (Lipinski definition) is 3. The maximum atomic E-state index is 9.22. The van der Waals surface area contributed by atoms with E-state index in [1.807, 2.05) is 12.1 Å². The average molecular weight is 534 g/mol. The second-order valence-corrected chi connectivity index (χ2v) is 11.7. The van der Waals surface area contributed by atoms with Crippen molar-refractivity contribution in [2.24, 2.45) is 0 Å². The molecule has 1 aliphatic carbocycles. The van der Waals surface area contributed by atoms with Gasteiger partial charge in [0, 0.05) is 32.2 Å². The van der Waals surface area contributed by atoms with Gasteiger partial charge in [-0.25, -0.2) is 10.1 Å². The van der Waals surface area contributed by atoms with Crippen molar-refractivity contribution in [1.82, 2.24) is 0 Å². The van der Waals surface area contributed by atoms with Crippen molar-refractivity contribution < 1.29 is 0 Å². The second-order valence-electron chi connectivity index (χ2n) is 10.6. The standard InChI is InChI=1S/C36H27N3S/c1-24-10-14-28(15-11-24)39(29-16-12-26(13-17-29)25-8-6-5-7-9-25)30-18-19-32-33(21-30)36(2,3)34-22-31(40-35(32)34)20-27(23-37)38-4/h5-22H,1-3H3/b27-20-. The minimum Gasteiger partial charge on any atom is -0.310 e. The van der Waals surface area contributed by atoms with Crippen LogP contribution in [0.5, 0.6) is 0 Å². The number of anilines is 3. The van der Waals surface area contributed by atoms with E-state index in [0.717, 1.165) is 21.9 Å². The van der Waals surface area contributed by atoms with Crippen LogP contribution in [0.1, 0.15) is 35.4 Å². The van der Waals surface area contributed by atoms with Gasteiger partial charge < -0.3 is 4.90 Å². The van der Waals surface area contributed by atoms with E-state index < -0.39 is 0 Å². The van der Waals surface area contributed by atoms with Gasteiger partial charge in [0.05, 0.1) is 12.6 Å². The van der Waals surface area contributed by atoms with Crippen molar-refractivity contribution in [3.8, 4) is 27.6 Å². The molecule has 3 nitrogen and oxygen atoms in total. The Morgan fingerprint density at radius 1 is 0.825 bits per heavy atom. The molecule has 0 spiro atoms. The second kappa shape index (κ2) is 10.0. The topological polar surface area (TPSA) is 31.4 Å². The molecular weight excluding hydrogens is 506 g/mol. The molecule has 1 aromatic heterocycles. The van der Waals surface area contributed by atoms with Gasteiger partial charge in [-0.3, -0.25) is 0 Å². The van der Waals surface area contributed by atoms with Crippen LogP contribution in [0.2, 0.25) is 0 Å². The van der Waals surface area contributed by atoms with E-state index in [0.29, 0.717) is 0 Å². The van der Waals surface area contributed by atoms with Crippen LogP contribution < -0.4 is 4.90 Å². The van der Waals surface area contributed by atoms with E-state index in [-0.39, 0.29) is 11.1 Å². The summed E-state index contributed by atoms with van der Waals surface area (Å²) in [5.41, 5.74) is 10.6. The van der Waals surface area contributed by atoms with Gasteiger partial charge in [-0.15, -0.1) is 11.3 Å². The molecule has 0 radical (unpaired) electrons. The molecule has 6 rings (SSSR count). The largest absolute Gasteiger partial charge is 0.310 e. The Kier molecular flexibility index (Phi) is 6.35. The summed E-state index contributed by atoms with van der Waals surface area (Å²) in [6, 6.07) is 38.8. The molecule has 0 saturated carbocycles. The fourth-order valence-electron chi connectivity index (χ4n) is 5.48. The number of thiophene rings is 1. The maximum absolute atomic E-state index is 9.22. The van der Waals surface area contributed by atoms with Crippen LogP contribution in [0.25, 0.3) is 32.5 Å². The Bertz CT molecular complexity index is 1810. The smallest absolute Gasteiger partial charge is 0.263 e. The number of nitrogens with zero attached hydrogens (tertiary/aromatic N) is 3. The lowest BCUT2D eigenvalue weighted by Crippen LogP contribution is -2.16. The quantitative estimate of drug-likeness (QED) is 0.166. The van der Waals surface area contributed by atoms with Crippen molar-refractivity contribution in [2.75, 3.05) is 4.90 Å². The van der Waals surface area contributed by atoms with Crippen LogP contribution in [0.15, 0.2) is 109 Å². The SMILES string of the molecule is [C-]#[N+]/C(C#N)=C\c1cc2c(s1)-c1ccc(N(c3ccc(C)cc3)c3ccc(-c4ccccc4)cc3)cc1C2(C)C. The molecule has 40 heavy (non-hydrogen) atoms. The number of hydrogen-bond donors (Lipinski definition) is 0. The van der Waals surface area contributed by atoms with Crippen molar-refractivity contribution in [3.05, 3.63) is 142 Å². The van der Waals surface area contributed by atoms with Crippen LogP contribution in [-0.4, -0.2) is 0 Å². The van der Waals surface area contributed by atoms with Crippen LogP contribution in [0, 0.1) is 24.8 Å². The van der Waals surface area contributed by atoms with E-state index in [2.05, 4.69) is 128 Å². The van der Waals surface area contributed by atoms with Crippen LogP contribution in [0.4, 0.5) is 17.1 Å². The molecular formula is C36H27N3S. The first-order valence-corrected chi connectivity index (χ1v) is 14.0. The van der Waals surface area contributed by atoms with Crippen molar-refractivity contribution >= 4 is 34.5 Å². The van der Waals surface area contributed by atoms with E-state index in [9.17, 15) is 5.26 Å². The molecule has 0 amide bonds. The summed E-state index contributed by atoms with van der Waals surface area (Å²) < 4.78 is 0. The zero-order valence-electron chi connectivity index (χ0n) is 22.6. The molecule has 0 bridgehead atoms. The highest BCUT2D eigenvalue weighted by atomic mass is 32.1. The minimum atomic E-state index is -0.204. The van der Waals surface area contributed by atoms with Gasteiger partial charge in [0.25, 0.3) is 5.70 Å². The van der Waals surface area contributed by atoms with Gasteiger partial charge in [-0.1, -0.05) is 80.1 Å². The lowest BCUT2D eigenvalue weighted by molar-refractivity contribution is 0.662. The Labute approximate surface area is 239 Å². The number of aryl methyl sites for hydroxylation is 1. The molecule has 0 N–H and O–H groups in total. The number of allylic oxidation sites excluding steroid dienone is 1. The molecule has 5 aromatic rings. The normalized spacial score (nSPS) is 13.2. The highest BCUT2D eigenvalue weighted by Gasteiger charge is 2.37. The average Bonchev–Trinajstić information content (AvgIpc) is 3.50. The molecule has 4 aromatic carbocycles. The molecule has 192 valence electrons. The first-order chi connectivity index (χ1) is 19.4. The summed E-state index contributed by atoms with van der Waals surface area (Å²) in [6.45, 7) is 13.9. The first kappa shape index (κ1) is 25.4. The minimum absolute atomic E-state index is 0.111. The van der Waals surface area contributed by atoms with Gasteiger partial charge in [0.2, 0.25) is 0 Å². The Balaban J connectivity index is 1.44. The van der Waals surface area contributed by atoms with Gasteiger partial charge in [0.15, 0.2) is 0 Å². The van der Waals surface area contributed by atoms with Crippen molar-refractivity contribution in [3.63, 3.8) is 0 Å². The number of fused-ring (bicyclic) bond motifs is 3. The maximum Gasteiger partial charge on any atom is 0.263 e. The molecule has 0 fully saturated rings. The Morgan fingerprint density at radius 3 is 2.10 bits per heavy atom. The van der Waals surface area contributed by atoms with Crippen molar-refractivity contribution in [2.45, 2.75) is 26.2 Å². The zero-order valence-corrected chi connectivity index (χ0v) is 23.5. The molecule has 4 heteroatoms. The third kappa shape index (κ3) is 4.39. The first-order valence-electron chi connectivity index (χ1n) is 13.2. The Hall–Kier alpha value is -4.90. The summed E-state index contributed by atoms with van der Waals surface area (Å²) in [4.78, 5) is 7.81. The fourth-order valence-corrected chi connectivity index (χ4v) is 6.77. The number of rotatable bonds is 5. The third-order valence-corrected chi connectivity index (χ3v) is 8.76. The van der Waals surface area contributed by atoms with Gasteiger partial charge >= 0.3 is 0 Å². The molecule has 0 atom stereocenters. The van der Waals surface area contributed by atoms with Gasteiger partial charge in [-0.2, -0.15) is 0 Å². The summed E-state index contributed by atoms with van der Waals surface area (Å²) in [6.07, 6.45) is 1.69. The van der Waals surface area contributed by atoms with E-state index in [1.54, 1.807) is 17.4 Å². The molecule has 0 aliphatic heterocycles. The Morgan fingerprint density at radius 2 is 1.45 bits per heavy atom. The predicted molar refractivity (Wildman–Crippen MR) is 167 cm³/mol. The highest BCUT2D eigenvalue weighted by molar-refractivity contribution is 7.16. The summed E-state index contributed by atoms with van der Waals surface area (Å²) >= 11 is 1.65. The third-order valence-electron chi connectivity index (χ3n) is 7.64. The summed E-state index contributed by atoms with van der Waals surface area (Å²) in [7, 11) is 0. The summed E-state index contributed by atoms with van der Waals surface area (Å²) in [5, 5.41) is 9.22. The van der Waals surface area contributed by atoms with Crippen LogP contribution >= 0.6 is 11.3 Å². The monoisotopic (exact) mass is 533 g/mol. The van der Waals surface area contributed by atoms with Crippen LogP contribution in [-0.2, 0) is 5.41 Å². The van der Waals surface area contributed by atoms with Gasteiger partial charge in [0.1, 0.15) is 0 Å². The summed E-state index contributed by atoms with van der Waals surface area (Å²) in [5.74, 6) is 0. The van der Waals surface area contributed by atoms with E-state index in [4.69, 9.17) is 6.57 Å².